The van der Waals surface area contributed by atoms with Crippen molar-refractivity contribution in [1.82, 2.24) is 19.5 Å². The Bertz CT molecular complexity index is 1310. The Balaban J connectivity index is 1.55. The van der Waals surface area contributed by atoms with Crippen LogP contribution < -0.4 is 16.4 Å². The van der Waals surface area contributed by atoms with E-state index in [4.69, 9.17) is 38.9 Å². The fraction of sp³-hybridized carbons (Fsp3) is 0.458. The van der Waals surface area contributed by atoms with E-state index in [1.165, 1.54) is 6.42 Å². The van der Waals surface area contributed by atoms with Crippen LogP contribution in [-0.2, 0) is 4.79 Å². The fourth-order valence-corrected chi connectivity index (χ4v) is 5.32. The quantitative estimate of drug-likeness (QED) is 0.406. The minimum absolute atomic E-state index is 0.0392. The molecular formula is C24H26Cl2N8O. The van der Waals surface area contributed by atoms with E-state index in [1.54, 1.807) is 18.3 Å². The van der Waals surface area contributed by atoms with Crippen molar-refractivity contribution in [3.63, 3.8) is 0 Å². The number of primary amides is 1. The molecule has 2 fully saturated rings. The average molecular weight is 513 g/mol. The van der Waals surface area contributed by atoms with Crippen molar-refractivity contribution in [1.29, 1.82) is 5.26 Å². The number of fused-ring (bicyclic) bond motifs is 1. The van der Waals surface area contributed by atoms with Crippen LogP contribution in [0, 0.1) is 16.7 Å². The molecule has 2 aliphatic carbocycles. The van der Waals surface area contributed by atoms with Crippen LogP contribution in [0.4, 0.5) is 17.6 Å². The number of nitrogens with zero attached hydrogens (tertiary/aromatic N) is 5. The standard InChI is InChI=1S/C24H26Cl2N8O/c1-24(21(28)35)7-5-15(6-8-24)34-20-18(12-29-22(33-20)30-14-3-2-4-14)31-23(34)32-19-16(25)9-13(11-27)10-17(19)26/h9-10,12,14-15H,2-8H2,1H3,(H2,28,35)(H,31,32)(H,29,30,33)/t15-,24-. The van der Waals surface area contributed by atoms with Crippen molar-refractivity contribution in [2.75, 3.05) is 10.6 Å². The first-order chi connectivity index (χ1) is 16.8. The lowest BCUT2D eigenvalue weighted by atomic mass is 9.73. The second kappa shape index (κ2) is 9.17. The molecule has 2 aliphatic rings. The van der Waals surface area contributed by atoms with Gasteiger partial charge in [-0.05, 0) is 57.1 Å². The minimum atomic E-state index is -0.522. The summed E-state index contributed by atoms with van der Waals surface area (Å²) in [5.41, 5.74) is 7.31. The van der Waals surface area contributed by atoms with Gasteiger partial charge in [-0.2, -0.15) is 10.2 Å². The lowest BCUT2D eigenvalue weighted by Crippen LogP contribution is -2.38. The number of nitrogens with two attached hydrogens (primary N) is 1. The van der Waals surface area contributed by atoms with Crippen LogP contribution in [0.25, 0.3) is 11.2 Å². The Hall–Kier alpha value is -3.09. The maximum absolute atomic E-state index is 12.0. The molecule has 0 radical (unpaired) electrons. The molecule has 0 bridgehead atoms. The molecule has 2 heterocycles. The summed E-state index contributed by atoms with van der Waals surface area (Å²) < 4.78 is 2.05. The van der Waals surface area contributed by atoms with Crippen molar-refractivity contribution in [3.8, 4) is 6.07 Å². The molecule has 9 nitrogen and oxygen atoms in total. The predicted octanol–water partition coefficient (Wildman–Crippen LogP) is 5.32. The third-order valence-electron chi connectivity index (χ3n) is 7.30. The highest BCUT2D eigenvalue weighted by Gasteiger charge is 2.37. The number of nitrogens with one attached hydrogen (secondary N) is 2. The molecule has 0 unspecified atom stereocenters. The van der Waals surface area contributed by atoms with Crippen LogP contribution in [0.3, 0.4) is 0 Å². The lowest BCUT2D eigenvalue weighted by Gasteiger charge is -2.35. The second-order valence-corrected chi connectivity index (χ2v) is 10.5. The largest absolute Gasteiger partial charge is 0.369 e. The van der Waals surface area contributed by atoms with E-state index in [-0.39, 0.29) is 11.9 Å². The number of hydrogen-bond donors (Lipinski definition) is 3. The number of halogens is 2. The predicted molar refractivity (Wildman–Crippen MR) is 136 cm³/mol. The number of nitriles is 1. The zero-order valence-corrected chi connectivity index (χ0v) is 20.8. The molecule has 0 spiro atoms. The number of imidazole rings is 1. The van der Waals surface area contributed by atoms with Crippen LogP contribution >= 0.6 is 23.2 Å². The zero-order valence-electron chi connectivity index (χ0n) is 19.3. The maximum atomic E-state index is 12.0. The Morgan fingerprint density at radius 1 is 1.20 bits per heavy atom. The van der Waals surface area contributed by atoms with Crippen LogP contribution in [-0.4, -0.2) is 31.5 Å². The molecular weight excluding hydrogens is 487 g/mol. The minimum Gasteiger partial charge on any atom is -0.369 e. The van der Waals surface area contributed by atoms with Gasteiger partial charge in [-0.25, -0.2) is 9.97 Å². The molecule has 0 atom stereocenters. The molecule has 0 saturated heterocycles. The molecule has 11 heteroatoms. The van der Waals surface area contributed by atoms with Crippen molar-refractivity contribution >= 4 is 57.9 Å². The van der Waals surface area contributed by atoms with Gasteiger partial charge in [-0.3, -0.25) is 9.36 Å². The summed E-state index contributed by atoms with van der Waals surface area (Å²) in [5.74, 6) is 0.827. The van der Waals surface area contributed by atoms with Crippen molar-refractivity contribution in [2.45, 2.75) is 64.0 Å². The van der Waals surface area contributed by atoms with Crippen LogP contribution in [0.5, 0.6) is 0 Å². The molecule has 35 heavy (non-hydrogen) atoms. The molecule has 1 aromatic carbocycles. The van der Waals surface area contributed by atoms with Gasteiger partial charge in [-0.1, -0.05) is 30.1 Å². The SMILES string of the molecule is C[C@]1(C(N)=O)CC[C@H](n2c(Nc3c(Cl)cc(C#N)cc3Cl)nc3cnc(NC4CCC4)nc32)CC1. The van der Waals surface area contributed by atoms with Crippen LogP contribution in [0.2, 0.25) is 10.0 Å². The Kier molecular flexibility index (Phi) is 6.20. The number of amides is 1. The molecule has 5 rings (SSSR count). The Morgan fingerprint density at radius 2 is 1.89 bits per heavy atom. The molecule has 3 aromatic rings. The first kappa shape index (κ1) is 23.6. The van der Waals surface area contributed by atoms with E-state index in [1.807, 2.05) is 6.92 Å². The van der Waals surface area contributed by atoms with Crippen molar-refractivity contribution < 1.29 is 4.79 Å². The van der Waals surface area contributed by atoms with Gasteiger partial charge in [0.15, 0.2) is 5.65 Å². The maximum Gasteiger partial charge on any atom is 0.224 e. The smallest absolute Gasteiger partial charge is 0.224 e. The van der Waals surface area contributed by atoms with Crippen LogP contribution in [0.1, 0.15) is 63.5 Å². The highest BCUT2D eigenvalue weighted by atomic mass is 35.5. The summed E-state index contributed by atoms with van der Waals surface area (Å²) in [7, 11) is 0. The highest BCUT2D eigenvalue weighted by Crippen LogP contribution is 2.43. The summed E-state index contributed by atoms with van der Waals surface area (Å²) in [6, 6.07) is 5.60. The van der Waals surface area contributed by atoms with Crippen molar-refractivity contribution in [2.24, 2.45) is 11.1 Å². The molecule has 182 valence electrons. The third kappa shape index (κ3) is 4.48. The van der Waals surface area contributed by atoms with Gasteiger partial charge < -0.3 is 16.4 Å². The normalized spacial score (nSPS) is 22.4. The van der Waals surface area contributed by atoms with E-state index in [9.17, 15) is 10.1 Å². The number of anilines is 3. The van der Waals surface area contributed by atoms with E-state index in [2.05, 4.69) is 26.3 Å². The van der Waals surface area contributed by atoms with Crippen LogP contribution in [0.15, 0.2) is 18.3 Å². The summed E-state index contributed by atoms with van der Waals surface area (Å²) in [5, 5.41) is 16.5. The average Bonchev–Trinajstić information content (AvgIpc) is 3.16. The number of benzene rings is 1. The highest BCUT2D eigenvalue weighted by molar-refractivity contribution is 6.39. The Morgan fingerprint density at radius 3 is 2.46 bits per heavy atom. The third-order valence-corrected chi connectivity index (χ3v) is 7.89. The van der Waals surface area contributed by atoms with Gasteiger partial charge in [0.1, 0.15) is 5.52 Å². The number of hydrogen-bond acceptors (Lipinski definition) is 7. The van der Waals surface area contributed by atoms with Gasteiger partial charge in [0, 0.05) is 17.5 Å². The second-order valence-electron chi connectivity index (χ2n) is 9.69. The molecule has 2 aromatic heterocycles. The van der Waals surface area contributed by atoms with E-state index in [0.29, 0.717) is 63.2 Å². The number of rotatable bonds is 6. The zero-order chi connectivity index (χ0) is 24.7. The van der Waals surface area contributed by atoms with E-state index < -0.39 is 5.41 Å². The summed E-state index contributed by atoms with van der Waals surface area (Å²) >= 11 is 12.9. The lowest BCUT2D eigenvalue weighted by molar-refractivity contribution is -0.128. The molecule has 4 N–H and O–H groups in total. The molecule has 0 aliphatic heterocycles. The summed E-state index contributed by atoms with van der Waals surface area (Å²) in [4.78, 5) is 26.0. The number of carbonyl (C=O) groups is 1. The van der Waals surface area contributed by atoms with E-state index in [0.717, 1.165) is 25.7 Å². The summed E-state index contributed by atoms with van der Waals surface area (Å²) in [6.07, 6.45) is 7.95. The molecule has 2 saturated carbocycles. The topological polar surface area (TPSA) is 135 Å². The monoisotopic (exact) mass is 512 g/mol. The van der Waals surface area contributed by atoms with E-state index >= 15 is 0 Å². The number of aromatic nitrogens is 4. The number of carbonyl (C=O) groups excluding carboxylic acids is 1. The van der Waals surface area contributed by atoms with Crippen molar-refractivity contribution in [3.05, 3.63) is 33.9 Å². The summed E-state index contributed by atoms with van der Waals surface area (Å²) in [6.45, 7) is 1.93. The first-order valence-electron chi connectivity index (χ1n) is 11.7. The van der Waals surface area contributed by atoms with Gasteiger partial charge in [0.2, 0.25) is 17.8 Å². The van der Waals surface area contributed by atoms with Gasteiger partial charge in [0.05, 0.1) is 33.6 Å². The molecule has 1 amide bonds. The first-order valence-corrected chi connectivity index (χ1v) is 12.5. The van der Waals surface area contributed by atoms with Gasteiger partial charge in [-0.15, -0.1) is 0 Å². The van der Waals surface area contributed by atoms with Gasteiger partial charge >= 0.3 is 0 Å². The Labute approximate surface area is 213 Å². The fourth-order valence-electron chi connectivity index (χ4n) is 4.74. The van der Waals surface area contributed by atoms with Gasteiger partial charge in [0.25, 0.3) is 0 Å².